The second-order valence-corrected chi connectivity index (χ2v) is 7.37. The van der Waals surface area contributed by atoms with Gasteiger partial charge in [-0.15, -0.1) is 11.3 Å². The van der Waals surface area contributed by atoms with Crippen LogP contribution in [0.4, 0.5) is 5.69 Å². The third-order valence-electron chi connectivity index (χ3n) is 4.49. The van der Waals surface area contributed by atoms with Gasteiger partial charge in [0.05, 0.1) is 21.3 Å². The number of nitrogens with one attached hydrogen (secondary N) is 1. The topological polar surface area (TPSA) is 68.3 Å². The second kappa shape index (κ2) is 8.24. The number of hydrogen-bond donors (Lipinski definition) is 1. The third kappa shape index (κ3) is 4.17. The molecular formula is C23H18N2O3S. The van der Waals surface area contributed by atoms with Crippen LogP contribution in [0.5, 0.6) is 0 Å². The SMILES string of the molecule is CC(OC(=O)c1ccc2ncsc2c1)C(=O)Nc1ccccc1-c1ccccc1. The molecule has 29 heavy (non-hydrogen) atoms. The van der Waals surface area contributed by atoms with Crippen molar-refractivity contribution in [3.63, 3.8) is 0 Å². The molecule has 1 amide bonds. The van der Waals surface area contributed by atoms with E-state index in [-0.39, 0.29) is 5.91 Å². The number of hydrogen-bond acceptors (Lipinski definition) is 5. The molecule has 0 spiro atoms. The fraction of sp³-hybridized carbons (Fsp3) is 0.0870. The van der Waals surface area contributed by atoms with Gasteiger partial charge >= 0.3 is 5.97 Å². The van der Waals surface area contributed by atoms with Gasteiger partial charge in [-0.3, -0.25) is 4.79 Å². The molecule has 4 rings (SSSR count). The fourth-order valence-electron chi connectivity index (χ4n) is 2.96. The Kier molecular flexibility index (Phi) is 5.35. The van der Waals surface area contributed by atoms with Gasteiger partial charge in [0.15, 0.2) is 6.10 Å². The summed E-state index contributed by atoms with van der Waals surface area (Å²) in [6.45, 7) is 1.56. The minimum absolute atomic E-state index is 0.388. The van der Waals surface area contributed by atoms with Crippen LogP contribution in [0.15, 0.2) is 78.3 Å². The van der Waals surface area contributed by atoms with E-state index >= 15 is 0 Å². The normalized spacial score (nSPS) is 11.8. The van der Waals surface area contributed by atoms with Gasteiger partial charge in [-0.25, -0.2) is 9.78 Å². The van der Waals surface area contributed by atoms with E-state index < -0.39 is 12.1 Å². The number of fused-ring (bicyclic) bond motifs is 1. The quantitative estimate of drug-likeness (QED) is 0.469. The van der Waals surface area contributed by atoms with E-state index in [9.17, 15) is 9.59 Å². The molecule has 144 valence electrons. The van der Waals surface area contributed by atoms with Crippen molar-refractivity contribution < 1.29 is 14.3 Å². The summed E-state index contributed by atoms with van der Waals surface area (Å²) in [5, 5.41) is 2.87. The summed E-state index contributed by atoms with van der Waals surface area (Å²) in [6, 6.07) is 22.5. The average molecular weight is 402 g/mol. The van der Waals surface area contributed by atoms with E-state index in [1.165, 1.54) is 11.3 Å². The maximum atomic E-state index is 12.6. The summed E-state index contributed by atoms with van der Waals surface area (Å²) in [5.74, 6) is -0.931. The van der Waals surface area contributed by atoms with E-state index in [0.717, 1.165) is 21.3 Å². The van der Waals surface area contributed by atoms with Crippen molar-refractivity contribution in [2.24, 2.45) is 0 Å². The lowest BCUT2D eigenvalue weighted by Gasteiger charge is -2.16. The minimum Gasteiger partial charge on any atom is -0.449 e. The Morgan fingerprint density at radius 3 is 2.59 bits per heavy atom. The zero-order valence-corrected chi connectivity index (χ0v) is 16.5. The molecule has 1 unspecified atom stereocenters. The standard InChI is InChI=1S/C23H18N2O3S/c1-15(28-23(27)17-11-12-20-21(13-17)29-14-24-20)22(26)25-19-10-6-5-9-18(19)16-7-3-2-4-8-16/h2-15H,1H3,(H,25,26). The number of ether oxygens (including phenoxy) is 1. The number of carbonyl (C=O) groups is 2. The Balaban J connectivity index is 1.47. The van der Waals surface area contributed by atoms with E-state index in [1.54, 1.807) is 30.6 Å². The molecule has 1 aromatic heterocycles. The fourth-order valence-corrected chi connectivity index (χ4v) is 3.68. The number of nitrogens with zero attached hydrogens (tertiary/aromatic N) is 1. The highest BCUT2D eigenvalue weighted by Gasteiger charge is 2.20. The average Bonchev–Trinajstić information content (AvgIpc) is 3.22. The van der Waals surface area contributed by atoms with E-state index in [1.807, 2.05) is 54.6 Å². The van der Waals surface area contributed by atoms with Crippen molar-refractivity contribution >= 4 is 39.1 Å². The van der Waals surface area contributed by atoms with Crippen LogP contribution >= 0.6 is 11.3 Å². The Morgan fingerprint density at radius 1 is 1.00 bits per heavy atom. The van der Waals surface area contributed by atoms with Gasteiger partial charge in [0, 0.05) is 11.3 Å². The molecule has 5 nitrogen and oxygen atoms in total. The Labute approximate surface area is 172 Å². The smallest absolute Gasteiger partial charge is 0.338 e. The molecule has 0 saturated carbocycles. The Hall–Kier alpha value is -3.51. The molecule has 0 radical (unpaired) electrons. The Bertz CT molecular complexity index is 1170. The van der Waals surface area contributed by atoms with Crippen LogP contribution in [0.2, 0.25) is 0 Å². The lowest BCUT2D eigenvalue weighted by Crippen LogP contribution is -2.30. The Morgan fingerprint density at radius 2 is 1.76 bits per heavy atom. The summed E-state index contributed by atoms with van der Waals surface area (Å²) in [4.78, 5) is 29.3. The summed E-state index contributed by atoms with van der Waals surface area (Å²) >= 11 is 1.45. The highest BCUT2D eigenvalue weighted by molar-refractivity contribution is 7.16. The number of amides is 1. The first-order valence-electron chi connectivity index (χ1n) is 9.11. The van der Waals surface area contributed by atoms with Crippen LogP contribution < -0.4 is 5.32 Å². The van der Waals surface area contributed by atoms with Crippen molar-refractivity contribution in [3.8, 4) is 11.1 Å². The number of rotatable bonds is 5. The van der Waals surface area contributed by atoms with Crippen LogP contribution in [-0.4, -0.2) is 23.0 Å². The van der Waals surface area contributed by atoms with Gasteiger partial charge in [-0.1, -0.05) is 48.5 Å². The van der Waals surface area contributed by atoms with Crippen LogP contribution in [-0.2, 0) is 9.53 Å². The second-order valence-electron chi connectivity index (χ2n) is 6.48. The molecule has 6 heteroatoms. The summed E-state index contributed by atoms with van der Waals surface area (Å²) in [5.41, 5.74) is 5.50. The van der Waals surface area contributed by atoms with Gasteiger partial charge in [0.1, 0.15) is 0 Å². The maximum Gasteiger partial charge on any atom is 0.338 e. The van der Waals surface area contributed by atoms with Crippen LogP contribution in [0, 0.1) is 0 Å². The number of esters is 1. The lowest BCUT2D eigenvalue weighted by atomic mass is 10.0. The van der Waals surface area contributed by atoms with Crippen molar-refractivity contribution in [2.45, 2.75) is 13.0 Å². The monoisotopic (exact) mass is 402 g/mol. The number of para-hydroxylation sites is 1. The molecule has 1 atom stereocenters. The van der Waals surface area contributed by atoms with Crippen molar-refractivity contribution in [1.82, 2.24) is 4.98 Å². The van der Waals surface area contributed by atoms with Gasteiger partial charge in [-0.05, 0) is 36.8 Å². The van der Waals surface area contributed by atoms with Gasteiger partial charge in [0.25, 0.3) is 5.91 Å². The highest BCUT2D eigenvalue weighted by atomic mass is 32.1. The van der Waals surface area contributed by atoms with Gasteiger partial charge < -0.3 is 10.1 Å². The molecule has 0 bridgehead atoms. The molecule has 1 heterocycles. The first kappa shape index (κ1) is 18.8. The molecule has 0 aliphatic carbocycles. The van der Waals surface area contributed by atoms with Gasteiger partial charge in [-0.2, -0.15) is 0 Å². The number of carbonyl (C=O) groups excluding carboxylic acids is 2. The number of benzene rings is 3. The molecular weight excluding hydrogens is 384 g/mol. The van der Waals surface area contributed by atoms with E-state index in [2.05, 4.69) is 10.3 Å². The zero-order valence-electron chi connectivity index (χ0n) is 15.7. The molecule has 0 aliphatic rings. The number of thiazole rings is 1. The molecule has 3 aromatic carbocycles. The van der Waals surface area contributed by atoms with E-state index in [0.29, 0.717) is 11.3 Å². The van der Waals surface area contributed by atoms with Crippen molar-refractivity contribution in [3.05, 3.63) is 83.9 Å². The van der Waals surface area contributed by atoms with Crippen molar-refractivity contribution in [1.29, 1.82) is 0 Å². The van der Waals surface area contributed by atoms with Crippen molar-refractivity contribution in [2.75, 3.05) is 5.32 Å². The molecule has 1 N–H and O–H groups in total. The third-order valence-corrected chi connectivity index (χ3v) is 5.28. The van der Waals surface area contributed by atoms with Gasteiger partial charge in [0.2, 0.25) is 0 Å². The molecule has 0 fully saturated rings. The first-order chi connectivity index (χ1) is 14.1. The summed E-state index contributed by atoms with van der Waals surface area (Å²) < 4.78 is 6.27. The first-order valence-corrected chi connectivity index (χ1v) is 9.99. The maximum absolute atomic E-state index is 12.6. The van der Waals surface area contributed by atoms with Crippen LogP contribution in [0.3, 0.4) is 0 Å². The summed E-state index contributed by atoms with van der Waals surface area (Å²) in [6.07, 6.45) is -0.941. The van der Waals surface area contributed by atoms with Crippen LogP contribution in [0.1, 0.15) is 17.3 Å². The largest absolute Gasteiger partial charge is 0.449 e. The zero-order chi connectivity index (χ0) is 20.2. The molecule has 4 aromatic rings. The predicted molar refractivity (Wildman–Crippen MR) is 115 cm³/mol. The van der Waals surface area contributed by atoms with Crippen LogP contribution in [0.25, 0.3) is 21.3 Å². The minimum atomic E-state index is -0.941. The van der Waals surface area contributed by atoms with E-state index in [4.69, 9.17) is 4.74 Å². The number of aromatic nitrogens is 1. The lowest BCUT2D eigenvalue weighted by molar-refractivity contribution is -0.123. The summed E-state index contributed by atoms with van der Waals surface area (Å²) in [7, 11) is 0. The highest BCUT2D eigenvalue weighted by Crippen LogP contribution is 2.27. The number of anilines is 1. The molecule has 0 aliphatic heterocycles. The molecule has 0 saturated heterocycles. The predicted octanol–water partition coefficient (Wildman–Crippen LogP) is 5.15.